The second kappa shape index (κ2) is 11.0. The number of hydrogen-bond donors (Lipinski definition) is 0. The van der Waals surface area contributed by atoms with Crippen molar-refractivity contribution in [1.29, 1.82) is 0 Å². The van der Waals surface area contributed by atoms with E-state index in [2.05, 4.69) is 8.61 Å². The van der Waals surface area contributed by atoms with Crippen LogP contribution in [0.4, 0.5) is 9.59 Å². The van der Waals surface area contributed by atoms with E-state index in [1.54, 1.807) is 0 Å². The SMILES string of the molecule is O=C(SSCSSC(=O)SN1CCCC1)SN1CCCC1. The molecule has 0 aromatic rings. The van der Waals surface area contributed by atoms with Gasteiger partial charge in [-0.15, -0.1) is 0 Å². The molecule has 4 nitrogen and oxygen atoms in total. The van der Waals surface area contributed by atoms with E-state index in [9.17, 15) is 9.59 Å². The highest BCUT2D eigenvalue weighted by molar-refractivity contribution is 8.92. The van der Waals surface area contributed by atoms with Gasteiger partial charge in [0.05, 0.1) is 5.08 Å². The summed E-state index contributed by atoms with van der Waals surface area (Å²) in [6.45, 7) is 4.09. The maximum Gasteiger partial charge on any atom is 0.271 e. The van der Waals surface area contributed by atoms with E-state index in [0.717, 1.165) is 31.3 Å². The second-order valence-electron chi connectivity index (χ2n) is 4.48. The van der Waals surface area contributed by atoms with Gasteiger partial charge in [0.1, 0.15) is 0 Å². The van der Waals surface area contributed by atoms with Crippen molar-refractivity contribution in [2.75, 3.05) is 31.3 Å². The van der Waals surface area contributed by atoms with Crippen LogP contribution in [0.25, 0.3) is 0 Å². The molecule has 0 amide bonds. The molecule has 0 radical (unpaired) electrons. The molecule has 0 unspecified atom stereocenters. The van der Waals surface area contributed by atoms with Gasteiger partial charge in [-0.25, -0.2) is 8.61 Å². The van der Waals surface area contributed by atoms with Crippen LogP contribution < -0.4 is 0 Å². The summed E-state index contributed by atoms with van der Waals surface area (Å²) >= 11 is 2.67. The van der Waals surface area contributed by atoms with Crippen LogP contribution in [0.3, 0.4) is 0 Å². The molecule has 2 aliphatic heterocycles. The van der Waals surface area contributed by atoms with Crippen LogP contribution in [0.15, 0.2) is 0 Å². The minimum Gasteiger partial charge on any atom is -0.272 e. The fourth-order valence-corrected chi connectivity index (χ4v) is 9.15. The fraction of sp³-hybridized carbons (Fsp3) is 0.818. The molecule has 2 aliphatic rings. The van der Waals surface area contributed by atoms with Gasteiger partial charge >= 0.3 is 0 Å². The lowest BCUT2D eigenvalue weighted by Gasteiger charge is -2.11. The molecule has 0 N–H and O–H groups in total. The Morgan fingerprint density at radius 1 is 0.714 bits per heavy atom. The van der Waals surface area contributed by atoms with Gasteiger partial charge in [-0.2, -0.15) is 0 Å². The number of nitrogens with zero attached hydrogens (tertiary/aromatic N) is 2. The molecule has 21 heavy (non-hydrogen) atoms. The van der Waals surface area contributed by atoms with E-state index in [-0.39, 0.29) is 8.89 Å². The third kappa shape index (κ3) is 8.14. The van der Waals surface area contributed by atoms with Crippen molar-refractivity contribution in [2.45, 2.75) is 25.7 Å². The normalized spacial score (nSPS) is 20.2. The highest BCUT2D eigenvalue weighted by Crippen LogP contribution is 2.39. The highest BCUT2D eigenvalue weighted by atomic mass is 33.1. The molecule has 0 spiro atoms. The summed E-state index contributed by atoms with van der Waals surface area (Å²) in [6.07, 6.45) is 4.78. The predicted molar refractivity (Wildman–Crippen MR) is 103 cm³/mol. The van der Waals surface area contributed by atoms with Gasteiger partial charge < -0.3 is 0 Å². The summed E-state index contributed by atoms with van der Waals surface area (Å²) in [7, 11) is 5.60. The van der Waals surface area contributed by atoms with E-state index >= 15 is 0 Å². The molecular formula is C11H18N2O2S6. The Bertz CT molecular complexity index is 316. The Labute approximate surface area is 150 Å². The lowest BCUT2D eigenvalue weighted by Crippen LogP contribution is -2.10. The zero-order chi connectivity index (χ0) is 14.9. The van der Waals surface area contributed by atoms with Gasteiger partial charge in [-0.3, -0.25) is 9.59 Å². The van der Waals surface area contributed by atoms with Crippen LogP contribution in [0.2, 0.25) is 0 Å². The van der Waals surface area contributed by atoms with Crippen molar-refractivity contribution >= 4 is 76.0 Å². The van der Waals surface area contributed by atoms with Crippen LogP contribution in [0, 0.1) is 0 Å². The molecule has 10 heteroatoms. The third-order valence-corrected chi connectivity index (χ3v) is 10.6. The molecule has 2 heterocycles. The van der Waals surface area contributed by atoms with Gasteiger partial charge in [0.25, 0.3) is 8.89 Å². The average molecular weight is 403 g/mol. The molecular weight excluding hydrogens is 385 g/mol. The van der Waals surface area contributed by atoms with E-state index in [1.807, 2.05) is 0 Å². The molecule has 2 rings (SSSR count). The number of carbonyl (C=O) groups is 2. The Balaban J connectivity index is 1.43. The quantitative estimate of drug-likeness (QED) is 0.248. The molecule has 2 fully saturated rings. The van der Waals surface area contributed by atoms with E-state index < -0.39 is 0 Å². The minimum absolute atomic E-state index is 0.144. The Morgan fingerprint density at radius 3 is 1.48 bits per heavy atom. The first kappa shape index (κ1) is 18.7. The molecule has 2 saturated heterocycles. The van der Waals surface area contributed by atoms with Gasteiger partial charge in [-0.05, 0) is 47.3 Å². The smallest absolute Gasteiger partial charge is 0.271 e. The van der Waals surface area contributed by atoms with Crippen molar-refractivity contribution in [1.82, 2.24) is 8.61 Å². The molecule has 0 aromatic carbocycles. The largest absolute Gasteiger partial charge is 0.272 e. The predicted octanol–water partition coefficient (Wildman–Crippen LogP) is 5.43. The molecule has 0 aromatic heterocycles. The maximum atomic E-state index is 11.7. The first-order chi connectivity index (χ1) is 10.2. The topological polar surface area (TPSA) is 40.6 Å². The standard InChI is InChI=1S/C11H18N2O2S6/c14-10(18-12-5-1-2-6-12)20-16-9-17-21-11(15)19-13-7-3-4-8-13/h1-9H2. The van der Waals surface area contributed by atoms with Gasteiger partial charge in [0, 0.05) is 50.1 Å². The van der Waals surface area contributed by atoms with Crippen LogP contribution in [-0.2, 0) is 0 Å². The maximum absolute atomic E-state index is 11.7. The third-order valence-electron chi connectivity index (χ3n) is 2.89. The average Bonchev–Trinajstić information content (AvgIpc) is 3.12. The molecule has 0 bridgehead atoms. The first-order valence-electron chi connectivity index (χ1n) is 6.77. The van der Waals surface area contributed by atoms with Gasteiger partial charge in [0.15, 0.2) is 0 Å². The van der Waals surface area contributed by atoms with Gasteiger partial charge in [0.2, 0.25) is 0 Å². The molecule has 0 saturated carbocycles. The Kier molecular flexibility index (Phi) is 9.80. The number of rotatable bonds is 6. The fourth-order valence-electron chi connectivity index (χ4n) is 1.96. The van der Waals surface area contributed by atoms with E-state index in [4.69, 9.17) is 0 Å². The Hall–Kier alpha value is 1.36. The second-order valence-corrected chi connectivity index (χ2v) is 12.0. The number of hydrogen-bond acceptors (Lipinski definition) is 10. The van der Waals surface area contributed by atoms with Crippen molar-refractivity contribution in [3.05, 3.63) is 0 Å². The van der Waals surface area contributed by atoms with E-state index in [0.29, 0.717) is 0 Å². The summed E-state index contributed by atoms with van der Waals surface area (Å²) in [5, 5.41) is 0.744. The first-order valence-corrected chi connectivity index (χ1v) is 13.0. The summed E-state index contributed by atoms with van der Waals surface area (Å²) in [5.41, 5.74) is 0. The summed E-state index contributed by atoms with van der Waals surface area (Å²) in [5.74, 6) is 0. The highest BCUT2D eigenvalue weighted by Gasteiger charge is 2.18. The summed E-state index contributed by atoms with van der Waals surface area (Å²) in [4.78, 5) is 23.4. The molecule has 0 atom stereocenters. The summed E-state index contributed by atoms with van der Waals surface area (Å²) in [6, 6.07) is 0. The van der Waals surface area contributed by atoms with Crippen molar-refractivity contribution in [3.8, 4) is 0 Å². The zero-order valence-electron chi connectivity index (χ0n) is 11.5. The molecule has 0 aliphatic carbocycles. The Morgan fingerprint density at radius 2 is 1.10 bits per heavy atom. The van der Waals surface area contributed by atoms with Crippen LogP contribution >= 0.6 is 67.1 Å². The van der Waals surface area contributed by atoms with Crippen LogP contribution in [0.5, 0.6) is 0 Å². The zero-order valence-corrected chi connectivity index (χ0v) is 16.4. The number of carbonyl (C=O) groups excluding carboxylic acids is 2. The van der Waals surface area contributed by atoms with Crippen molar-refractivity contribution < 1.29 is 9.59 Å². The minimum atomic E-state index is 0.144. The lowest BCUT2D eigenvalue weighted by molar-refractivity contribution is 0.275. The molecule has 120 valence electrons. The lowest BCUT2D eigenvalue weighted by atomic mass is 10.4. The van der Waals surface area contributed by atoms with Crippen LogP contribution in [0.1, 0.15) is 25.7 Å². The van der Waals surface area contributed by atoms with Crippen molar-refractivity contribution in [2.24, 2.45) is 0 Å². The summed E-state index contributed by atoms with van der Waals surface area (Å²) < 4.78 is 4.55. The monoisotopic (exact) mass is 402 g/mol. The van der Waals surface area contributed by atoms with Crippen LogP contribution in [-0.4, -0.2) is 48.8 Å². The van der Waals surface area contributed by atoms with Crippen molar-refractivity contribution in [3.63, 3.8) is 0 Å². The van der Waals surface area contributed by atoms with Gasteiger partial charge in [-0.1, -0.05) is 21.6 Å². The van der Waals surface area contributed by atoms with E-state index in [1.165, 1.54) is 92.8 Å².